The van der Waals surface area contributed by atoms with Gasteiger partial charge in [0.25, 0.3) is 5.89 Å². The first-order valence-corrected chi connectivity index (χ1v) is 10.9. The summed E-state index contributed by atoms with van der Waals surface area (Å²) in [6, 6.07) is 24.4. The van der Waals surface area contributed by atoms with Crippen molar-refractivity contribution >= 4 is 11.3 Å². The zero-order valence-corrected chi connectivity index (χ0v) is 17.9. The minimum atomic E-state index is 0.559. The molecule has 154 valence electrons. The van der Waals surface area contributed by atoms with Crippen LogP contribution in [0.3, 0.4) is 0 Å². The van der Waals surface area contributed by atoms with Crippen LogP contribution in [0.2, 0.25) is 0 Å². The monoisotopic (exact) mass is 427 g/mol. The maximum atomic E-state index is 5.85. The zero-order chi connectivity index (χ0) is 21.0. The van der Waals surface area contributed by atoms with Gasteiger partial charge in [-0.25, -0.2) is 4.68 Å². The normalized spacial score (nSPS) is 11.3. The lowest BCUT2D eigenvalue weighted by Crippen LogP contribution is -2.17. The number of benzene rings is 2. The summed E-state index contributed by atoms with van der Waals surface area (Å²) >= 11 is 1.59. The minimum absolute atomic E-state index is 0.559. The van der Waals surface area contributed by atoms with Crippen molar-refractivity contribution in [1.29, 1.82) is 0 Å². The van der Waals surface area contributed by atoms with Crippen LogP contribution in [0.15, 0.2) is 88.8 Å². The van der Waals surface area contributed by atoms with E-state index in [0.29, 0.717) is 24.9 Å². The van der Waals surface area contributed by atoms with Crippen molar-refractivity contribution in [3.8, 4) is 27.7 Å². The molecule has 0 saturated carbocycles. The average molecular weight is 428 g/mol. The van der Waals surface area contributed by atoms with Gasteiger partial charge >= 0.3 is 0 Å². The Morgan fingerprint density at radius 3 is 2.42 bits per heavy atom. The Balaban J connectivity index is 1.39. The Labute approximate surface area is 184 Å². The summed E-state index contributed by atoms with van der Waals surface area (Å²) in [5.74, 6) is 1.17. The second kappa shape index (κ2) is 8.67. The van der Waals surface area contributed by atoms with Gasteiger partial charge in [0.15, 0.2) is 0 Å². The fourth-order valence-electron chi connectivity index (χ4n) is 3.47. The Bertz CT molecular complexity index is 1250. The van der Waals surface area contributed by atoms with E-state index >= 15 is 0 Å². The predicted molar refractivity (Wildman–Crippen MR) is 122 cm³/mol. The molecule has 0 radical (unpaired) electrons. The van der Waals surface area contributed by atoms with Crippen LogP contribution < -0.4 is 0 Å². The van der Waals surface area contributed by atoms with E-state index < -0.39 is 0 Å². The number of para-hydroxylation sites is 1. The molecule has 0 unspecified atom stereocenters. The molecule has 5 aromatic rings. The van der Waals surface area contributed by atoms with E-state index in [1.54, 1.807) is 11.3 Å². The molecule has 3 aromatic heterocycles. The molecule has 0 atom stereocenters. The maximum Gasteiger partial charge on any atom is 0.257 e. The van der Waals surface area contributed by atoms with Crippen LogP contribution >= 0.6 is 11.3 Å². The average Bonchev–Trinajstić information content (AvgIpc) is 3.56. The minimum Gasteiger partial charge on any atom is -0.419 e. The molecule has 5 rings (SSSR count). The van der Waals surface area contributed by atoms with Gasteiger partial charge in [-0.15, -0.1) is 21.5 Å². The third-order valence-electron chi connectivity index (χ3n) is 4.90. The van der Waals surface area contributed by atoms with Crippen LogP contribution in [0.4, 0.5) is 0 Å². The SMILES string of the molecule is CN(Cc1nnc(-c2cccs2)o1)Cc1cn(-c2ccccc2)nc1-c1ccccc1. The van der Waals surface area contributed by atoms with E-state index in [0.717, 1.165) is 27.4 Å². The van der Waals surface area contributed by atoms with Crippen LogP contribution in [-0.4, -0.2) is 31.9 Å². The molecule has 0 N–H and O–H groups in total. The fourth-order valence-corrected chi connectivity index (χ4v) is 4.12. The quantitative estimate of drug-likeness (QED) is 0.354. The van der Waals surface area contributed by atoms with E-state index in [9.17, 15) is 0 Å². The van der Waals surface area contributed by atoms with Crippen molar-refractivity contribution in [3.63, 3.8) is 0 Å². The first kappa shape index (κ1) is 19.4. The first-order valence-electron chi connectivity index (χ1n) is 10.0. The van der Waals surface area contributed by atoms with Gasteiger partial charge in [-0.3, -0.25) is 4.90 Å². The van der Waals surface area contributed by atoms with E-state index in [-0.39, 0.29) is 0 Å². The first-order chi connectivity index (χ1) is 15.3. The molecule has 2 aromatic carbocycles. The Hall–Kier alpha value is -3.55. The molecule has 6 nitrogen and oxygen atoms in total. The van der Waals surface area contributed by atoms with Crippen LogP contribution in [-0.2, 0) is 13.1 Å². The summed E-state index contributed by atoms with van der Waals surface area (Å²) in [6.07, 6.45) is 2.10. The van der Waals surface area contributed by atoms with Crippen molar-refractivity contribution in [1.82, 2.24) is 24.9 Å². The van der Waals surface area contributed by atoms with Gasteiger partial charge in [-0.2, -0.15) is 5.10 Å². The van der Waals surface area contributed by atoms with E-state index in [4.69, 9.17) is 9.52 Å². The van der Waals surface area contributed by atoms with Gasteiger partial charge in [-0.05, 0) is 30.6 Å². The topological polar surface area (TPSA) is 60.0 Å². The summed E-state index contributed by atoms with van der Waals surface area (Å²) in [7, 11) is 2.05. The highest BCUT2D eigenvalue weighted by atomic mass is 32.1. The lowest BCUT2D eigenvalue weighted by Gasteiger charge is -2.14. The van der Waals surface area contributed by atoms with Gasteiger partial charge in [0.05, 0.1) is 22.8 Å². The van der Waals surface area contributed by atoms with Crippen LogP contribution in [0.5, 0.6) is 0 Å². The van der Waals surface area contributed by atoms with Crippen molar-refractivity contribution in [2.75, 3.05) is 7.05 Å². The number of hydrogen-bond acceptors (Lipinski definition) is 6. The Morgan fingerprint density at radius 1 is 0.903 bits per heavy atom. The third-order valence-corrected chi connectivity index (χ3v) is 5.76. The number of aromatic nitrogens is 4. The van der Waals surface area contributed by atoms with E-state index in [2.05, 4.69) is 45.6 Å². The van der Waals surface area contributed by atoms with Crippen LogP contribution in [0.25, 0.3) is 27.7 Å². The second-order valence-electron chi connectivity index (χ2n) is 7.30. The molecular formula is C24H21N5OS. The molecule has 0 bridgehead atoms. The Kier molecular flexibility index (Phi) is 5.43. The maximum absolute atomic E-state index is 5.85. The van der Waals surface area contributed by atoms with Gasteiger partial charge in [-0.1, -0.05) is 54.6 Å². The van der Waals surface area contributed by atoms with Crippen LogP contribution in [0, 0.1) is 0 Å². The fraction of sp³-hybridized carbons (Fsp3) is 0.125. The highest BCUT2D eigenvalue weighted by Crippen LogP contribution is 2.26. The molecule has 7 heteroatoms. The molecule has 0 amide bonds. The molecule has 0 aliphatic carbocycles. The number of thiophene rings is 1. The molecule has 3 heterocycles. The Morgan fingerprint density at radius 2 is 1.68 bits per heavy atom. The summed E-state index contributed by atoms with van der Waals surface area (Å²) in [4.78, 5) is 3.14. The zero-order valence-electron chi connectivity index (χ0n) is 17.0. The summed E-state index contributed by atoms with van der Waals surface area (Å²) in [6.45, 7) is 1.26. The highest BCUT2D eigenvalue weighted by Gasteiger charge is 2.16. The van der Waals surface area contributed by atoms with Gasteiger partial charge in [0, 0.05) is 23.9 Å². The second-order valence-corrected chi connectivity index (χ2v) is 8.25. The van der Waals surface area contributed by atoms with E-state index in [1.807, 2.05) is 65.6 Å². The smallest absolute Gasteiger partial charge is 0.257 e. The lowest BCUT2D eigenvalue weighted by atomic mass is 10.1. The molecular weight excluding hydrogens is 406 g/mol. The summed E-state index contributed by atoms with van der Waals surface area (Å²) < 4.78 is 7.79. The third kappa shape index (κ3) is 4.33. The van der Waals surface area contributed by atoms with Crippen molar-refractivity contribution in [2.45, 2.75) is 13.1 Å². The molecule has 0 spiro atoms. The number of nitrogens with zero attached hydrogens (tertiary/aromatic N) is 5. The van der Waals surface area contributed by atoms with Crippen LogP contribution in [0.1, 0.15) is 11.5 Å². The molecule has 0 aliphatic rings. The van der Waals surface area contributed by atoms with Crippen molar-refractivity contribution in [3.05, 3.63) is 95.8 Å². The van der Waals surface area contributed by atoms with Crippen molar-refractivity contribution < 1.29 is 4.42 Å². The van der Waals surface area contributed by atoms with Crippen molar-refractivity contribution in [2.24, 2.45) is 0 Å². The predicted octanol–water partition coefficient (Wildman–Crippen LogP) is 5.28. The van der Waals surface area contributed by atoms with Gasteiger partial charge < -0.3 is 4.42 Å². The lowest BCUT2D eigenvalue weighted by molar-refractivity contribution is 0.283. The molecule has 0 aliphatic heterocycles. The summed E-state index contributed by atoms with van der Waals surface area (Å²) in [5, 5.41) is 15.3. The largest absolute Gasteiger partial charge is 0.419 e. The standard InChI is InChI=1S/C24H21N5OS/c1-28(17-22-25-26-24(30-22)21-13-8-14-31-21)15-19-16-29(20-11-6-3-7-12-20)27-23(19)18-9-4-2-5-10-18/h2-14,16H,15,17H2,1H3. The molecule has 0 fully saturated rings. The molecule has 0 saturated heterocycles. The number of hydrogen-bond donors (Lipinski definition) is 0. The van der Waals surface area contributed by atoms with Gasteiger partial charge in [0.2, 0.25) is 5.89 Å². The van der Waals surface area contributed by atoms with E-state index in [1.165, 1.54) is 0 Å². The van der Waals surface area contributed by atoms with Gasteiger partial charge in [0.1, 0.15) is 0 Å². The summed E-state index contributed by atoms with van der Waals surface area (Å²) in [5.41, 5.74) is 4.24. The molecule has 31 heavy (non-hydrogen) atoms. The highest BCUT2D eigenvalue weighted by molar-refractivity contribution is 7.13. The number of rotatable bonds is 7.